The minimum absolute atomic E-state index is 0.110. The van der Waals surface area contributed by atoms with Crippen LogP contribution in [0.5, 0.6) is 5.75 Å². The van der Waals surface area contributed by atoms with E-state index in [2.05, 4.69) is 5.32 Å². The average Bonchev–Trinajstić information content (AvgIpc) is 2.53. The fraction of sp³-hybridized carbons (Fsp3) is 0.235. The van der Waals surface area contributed by atoms with Gasteiger partial charge in [-0.15, -0.1) is 0 Å². The lowest BCUT2D eigenvalue weighted by atomic mass is 10.1. The van der Waals surface area contributed by atoms with Crippen LogP contribution in [-0.4, -0.2) is 18.9 Å². The smallest absolute Gasteiger partial charge is 0.179 e. The Balaban J connectivity index is 1.91. The summed E-state index contributed by atoms with van der Waals surface area (Å²) in [6.07, 6.45) is 0. The van der Waals surface area contributed by atoms with Crippen molar-refractivity contribution in [1.29, 1.82) is 0 Å². The van der Waals surface area contributed by atoms with Gasteiger partial charge < -0.3 is 10.1 Å². The Morgan fingerprint density at radius 3 is 2.35 bits per heavy atom. The highest BCUT2D eigenvalue weighted by molar-refractivity contribution is 5.99. The molecule has 0 aliphatic rings. The van der Waals surface area contributed by atoms with E-state index in [9.17, 15) is 4.79 Å². The monoisotopic (exact) mass is 269 g/mol. The van der Waals surface area contributed by atoms with E-state index >= 15 is 0 Å². The number of nitrogens with one attached hydrogen (secondary N) is 1. The van der Waals surface area contributed by atoms with Crippen LogP contribution in [0.15, 0.2) is 54.6 Å². The van der Waals surface area contributed by atoms with E-state index in [0.717, 1.165) is 16.9 Å². The van der Waals surface area contributed by atoms with Gasteiger partial charge in [0.05, 0.1) is 13.2 Å². The quantitative estimate of drug-likeness (QED) is 0.819. The molecule has 2 rings (SSSR count). The van der Waals surface area contributed by atoms with Crippen LogP contribution in [0.2, 0.25) is 0 Å². The van der Waals surface area contributed by atoms with Crippen molar-refractivity contribution in [1.82, 2.24) is 5.32 Å². The van der Waals surface area contributed by atoms with E-state index in [0.29, 0.717) is 6.54 Å². The van der Waals surface area contributed by atoms with Gasteiger partial charge in [0.2, 0.25) is 0 Å². The molecule has 3 heteroatoms. The standard InChI is InChI=1S/C17H19NO2/c1-13(17(19)15-6-4-3-5-7-15)18-12-14-8-10-16(20-2)11-9-14/h3-11,13,18H,12H2,1-2H3. The summed E-state index contributed by atoms with van der Waals surface area (Å²) >= 11 is 0. The number of ketones is 1. The molecule has 1 N–H and O–H groups in total. The van der Waals surface area contributed by atoms with Crippen molar-refractivity contribution >= 4 is 5.78 Å². The first-order valence-corrected chi connectivity index (χ1v) is 6.66. The van der Waals surface area contributed by atoms with Gasteiger partial charge >= 0.3 is 0 Å². The molecule has 0 heterocycles. The van der Waals surface area contributed by atoms with E-state index in [1.807, 2.05) is 61.5 Å². The molecule has 0 amide bonds. The molecule has 2 aromatic rings. The van der Waals surface area contributed by atoms with E-state index in [1.165, 1.54) is 0 Å². The largest absolute Gasteiger partial charge is 0.497 e. The van der Waals surface area contributed by atoms with Gasteiger partial charge in [-0.2, -0.15) is 0 Å². The highest BCUT2D eigenvalue weighted by atomic mass is 16.5. The molecule has 1 atom stereocenters. The summed E-state index contributed by atoms with van der Waals surface area (Å²) in [5.74, 6) is 0.946. The van der Waals surface area contributed by atoms with Gasteiger partial charge in [0.1, 0.15) is 5.75 Å². The molecule has 0 saturated carbocycles. The van der Waals surface area contributed by atoms with E-state index < -0.39 is 0 Å². The second kappa shape index (κ2) is 6.87. The molecule has 0 saturated heterocycles. The van der Waals surface area contributed by atoms with Gasteiger partial charge in [-0.25, -0.2) is 0 Å². The number of ether oxygens (including phenoxy) is 1. The predicted molar refractivity (Wildman–Crippen MR) is 80.1 cm³/mol. The molecule has 1 unspecified atom stereocenters. The first kappa shape index (κ1) is 14.3. The van der Waals surface area contributed by atoms with Crippen molar-refractivity contribution in [2.45, 2.75) is 19.5 Å². The van der Waals surface area contributed by atoms with Crippen LogP contribution >= 0.6 is 0 Å². The minimum Gasteiger partial charge on any atom is -0.497 e. The Labute approximate surface area is 119 Å². The molecular weight excluding hydrogens is 250 g/mol. The van der Waals surface area contributed by atoms with Crippen molar-refractivity contribution in [3.63, 3.8) is 0 Å². The lowest BCUT2D eigenvalue weighted by Gasteiger charge is -2.13. The molecule has 0 spiro atoms. The molecule has 0 aliphatic heterocycles. The zero-order chi connectivity index (χ0) is 14.4. The molecule has 20 heavy (non-hydrogen) atoms. The Morgan fingerprint density at radius 2 is 1.75 bits per heavy atom. The number of benzene rings is 2. The SMILES string of the molecule is COc1ccc(CNC(C)C(=O)c2ccccc2)cc1. The van der Waals surface area contributed by atoms with Crippen LogP contribution in [0, 0.1) is 0 Å². The summed E-state index contributed by atoms with van der Waals surface area (Å²) < 4.78 is 5.12. The van der Waals surface area contributed by atoms with Crippen LogP contribution < -0.4 is 10.1 Å². The first-order chi connectivity index (χ1) is 9.70. The fourth-order valence-electron chi connectivity index (χ4n) is 1.96. The number of rotatable bonds is 6. The lowest BCUT2D eigenvalue weighted by Crippen LogP contribution is -2.33. The third-order valence-corrected chi connectivity index (χ3v) is 3.22. The normalized spacial score (nSPS) is 11.9. The number of hydrogen-bond acceptors (Lipinski definition) is 3. The summed E-state index contributed by atoms with van der Waals surface area (Å²) in [7, 11) is 1.65. The maximum atomic E-state index is 12.2. The highest BCUT2D eigenvalue weighted by Gasteiger charge is 2.13. The zero-order valence-electron chi connectivity index (χ0n) is 11.8. The Bertz CT molecular complexity index is 549. The average molecular weight is 269 g/mol. The van der Waals surface area contributed by atoms with Crippen LogP contribution in [0.1, 0.15) is 22.8 Å². The third-order valence-electron chi connectivity index (χ3n) is 3.22. The highest BCUT2D eigenvalue weighted by Crippen LogP contribution is 2.11. The van der Waals surface area contributed by atoms with Gasteiger partial charge in [0, 0.05) is 12.1 Å². The number of Topliss-reactive ketones (excluding diaryl/α,β-unsaturated/α-hetero) is 1. The van der Waals surface area contributed by atoms with Crippen LogP contribution in [0.3, 0.4) is 0 Å². The summed E-state index contributed by atoms with van der Waals surface area (Å²) in [5, 5.41) is 3.24. The summed E-state index contributed by atoms with van der Waals surface area (Å²) in [4.78, 5) is 12.2. The van der Waals surface area contributed by atoms with Crippen molar-refractivity contribution in [2.24, 2.45) is 0 Å². The van der Waals surface area contributed by atoms with Gasteiger partial charge in [0.15, 0.2) is 5.78 Å². The van der Waals surface area contributed by atoms with E-state index in [4.69, 9.17) is 4.74 Å². The predicted octanol–water partition coefficient (Wildman–Crippen LogP) is 3.06. The summed E-state index contributed by atoms with van der Waals surface area (Å²) in [6, 6.07) is 17.0. The minimum atomic E-state index is -0.209. The Kier molecular flexibility index (Phi) is 4.91. The first-order valence-electron chi connectivity index (χ1n) is 6.66. The molecule has 3 nitrogen and oxygen atoms in total. The summed E-state index contributed by atoms with van der Waals surface area (Å²) in [6.45, 7) is 2.54. The van der Waals surface area contributed by atoms with E-state index in [1.54, 1.807) is 7.11 Å². The van der Waals surface area contributed by atoms with Crippen LogP contribution in [-0.2, 0) is 6.54 Å². The number of carbonyl (C=O) groups is 1. The molecule has 0 aromatic heterocycles. The topological polar surface area (TPSA) is 38.3 Å². The van der Waals surface area contributed by atoms with Gasteiger partial charge in [-0.1, -0.05) is 42.5 Å². The van der Waals surface area contributed by atoms with Crippen LogP contribution in [0.4, 0.5) is 0 Å². The lowest BCUT2D eigenvalue weighted by molar-refractivity contribution is 0.0950. The molecule has 0 fully saturated rings. The van der Waals surface area contributed by atoms with Crippen molar-refractivity contribution in [3.05, 3.63) is 65.7 Å². The molecule has 0 aliphatic carbocycles. The summed E-state index contributed by atoms with van der Waals surface area (Å²) in [5.41, 5.74) is 1.86. The van der Waals surface area contributed by atoms with Crippen LogP contribution in [0.25, 0.3) is 0 Å². The van der Waals surface area contributed by atoms with Crippen molar-refractivity contribution in [2.75, 3.05) is 7.11 Å². The zero-order valence-corrected chi connectivity index (χ0v) is 11.8. The number of methoxy groups -OCH3 is 1. The molecule has 104 valence electrons. The molecule has 0 radical (unpaired) electrons. The Morgan fingerprint density at radius 1 is 1.10 bits per heavy atom. The van der Waals surface area contributed by atoms with Gasteiger partial charge in [-0.3, -0.25) is 4.79 Å². The van der Waals surface area contributed by atoms with Crippen molar-refractivity contribution < 1.29 is 9.53 Å². The second-order valence-electron chi connectivity index (χ2n) is 4.68. The number of carbonyl (C=O) groups excluding carboxylic acids is 1. The Hall–Kier alpha value is -2.13. The molecular formula is C17H19NO2. The molecule has 0 bridgehead atoms. The maximum absolute atomic E-state index is 12.2. The fourth-order valence-corrected chi connectivity index (χ4v) is 1.96. The number of hydrogen-bond donors (Lipinski definition) is 1. The van der Waals surface area contributed by atoms with Gasteiger partial charge in [-0.05, 0) is 24.6 Å². The van der Waals surface area contributed by atoms with Gasteiger partial charge in [0.25, 0.3) is 0 Å². The maximum Gasteiger partial charge on any atom is 0.179 e. The third kappa shape index (κ3) is 3.68. The van der Waals surface area contributed by atoms with Crippen molar-refractivity contribution in [3.8, 4) is 5.75 Å². The molecule has 2 aromatic carbocycles. The second-order valence-corrected chi connectivity index (χ2v) is 4.68. The van der Waals surface area contributed by atoms with E-state index in [-0.39, 0.29) is 11.8 Å².